The molecule has 1 rings (SSSR count). The lowest BCUT2D eigenvalue weighted by atomic mass is 9.81. The van der Waals surface area contributed by atoms with E-state index in [1.165, 1.54) is 0 Å². The molecule has 0 spiro atoms. The fraction of sp³-hybridized carbons (Fsp3) is 0.909. The Bertz CT molecular complexity index is 175. The van der Waals surface area contributed by atoms with E-state index in [0.717, 1.165) is 25.7 Å². The second-order valence-electron chi connectivity index (χ2n) is 4.52. The van der Waals surface area contributed by atoms with Crippen molar-refractivity contribution in [3.63, 3.8) is 0 Å². The van der Waals surface area contributed by atoms with Gasteiger partial charge in [-0.05, 0) is 25.2 Å². The van der Waals surface area contributed by atoms with Crippen molar-refractivity contribution in [2.75, 3.05) is 0 Å². The monoisotopic (exact) mass is 184 g/mol. The van der Waals surface area contributed by atoms with E-state index >= 15 is 0 Å². The number of carbonyl (C=O) groups excluding carboxylic acids is 1. The lowest BCUT2D eigenvalue weighted by molar-refractivity contribution is -0.128. The summed E-state index contributed by atoms with van der Waals surface area (Å²) in [6, 6.07) is 0. The third-order valence-corrected chi connectivity index (χ3v) is 2.78. The molecule has 0 saturated heterocycles. The zero-order valence-corrected chi connectivity index (χ0v) is 8.62. The molecule has 2 heteroatoms. The van der Waals surface area contributed by atoms with Crippen LogP contribution in [0.25, 0.3) is 0 Å². The third-order valence-electron chi connectivity index (χ3n) is 2.78. The van der Waals surface area contributed by atoms with Crippen LogP contribution in [0.1, 0.15) is 46.0 Å². The summed E-state index contributed by atoms with van der Waals surface area (Å²) in [7, 11) is 0. The highest BCUT2D eigenvalue weighted by Gasteiger charge is 2.28. The molecule has 76 valence electrons. The predicted octanol–water partition coefficient (Wildman–Crippen LogP) is 2.15. The van der Waals surface area contributed by atoms with Gasteiger partial charge in [0.2, 0.25) is 0 Å². The lowest BCUT2D eigenvalue weighted by Gasteiger charge is -2.26. The molecule has 0 aromatic rings. The normalized spacial score (nSPS) is 26.5. The first-order valence-electron chi connectivity index (χ1n) is 5.32. The van der Waals surface area contributed by atoms with Crippen molar-refractivity contribution < 1.29 is 9.90 Å². The number of aliphatic hydroxyl groups excluding tert-OH is 1. The van der Waals surface area contributed by atoms with Gasteiger partial charge in [-0.15, -0.1) is 0 Å². The summed E-state index contributed by atoms with van der Waals surface area (Å²) in [6.45, 7) is 4.16. The highest BCUT2D eigenvalue weighted by atomic mass is 16.3. The molecule has 0 heterocycles. The van der Waals surface area contributed by atoms with Crippen LogP contribution in [0.3, 0.4) is 0 Å². The molecular formula is C11H20O2. The molecule has 0 bridgehead atoms. The Morgan fingerprint density at radius 1 is 1.46 bits per heavy atom. The van der Waals surface area contributed by atoms with Gasteiger partial charge in [0.15, 0.2) is 0 Å². The molecule has 13 heavy (non-hydrogen) atoms. The molecule has 1 aliphatic carbocycles. The van der Waals surface area contributed by atoms with Crippen LogP contribution in [0.4, 0.5) is 0 Å². The van der Waals surface area contributed by atoms with Gasteiger partial charge in [-0.25, -0.2) is 0 Å². The van der Waals surface area contributed by atoms with Gasteiger partial charge in [-0.1, -0.05) is 20.3 Å². The van der Waals surface area contributed by atoms with E-state index in [9.17, 15) is 9.90 Å². The maximum atomic E-state index is 11.5. The average Bonchev–Trinajstić information content (AvgIpc) is 2.03. The molecule has 1 aliphatic rings. The van der Waals surface area contributed by atoms with E-state index in [1.54, 1.807) is 0 Å². The highest BCUT2D eigenvalue weighted by Crippen LogP contribution is 2.26. The van der Waals surface area contributed by atoms with Crippen molar-refractivity contribution in [2.24, 2.45) is 11.8 Å². The second-order valence-corrected chi connectivity index (χ2v) is 4.52. The van der Waals surface area contributed by atoms with Gasteiger partial charge >= 0.3 is 0 Å². The molecule has 1 fully saturated rings. The maximum absolute atomic E-state index is 11.5. The molecule has 1 N–H and O–H groups in total. The van der Waals surface area contributed by atoms with Crippen LogP contribution in [0, 0.1) is 11.8 Å². The van der Waals surface area contributed by atoms with Crippen molar-refractivity contribution in [3.8, 4) is 0 Å². The molecular weight excluding hydrogens is 164 g/mol. The molecule has 0 aliphatic heterocycles. The minimum absolute atomic E-state index is 0.0591. The standard InChI is InChI=1S/C11H20O2/c1-8(2)7-11(13)9-5-3-4-6-10(9)12/h8-9,11,13H,3-7H2,1-2H3/t9-,11+/m0/s1. The van der Waals surface area contributed by atoms with Gasteiger partial charge in [0, 0.05) is 12.3 Å². The number of carbonyl (C=O) groups is 1. The Kier molecular flexibility index (Phi) is 3.91. The zero-order valence-electron chi connectivity index (χ0n) is 8.62. The van der Waals surface area contributed by atoms with Crippen molar-refractivity contribution in [1.82, 2.24) is 0 Å². The van der Waals surface area contributed by atoms with Gasteiger partial charge < -0.3 is 5.11 Å². The number of hydrogen-bond donors (Lipinski definition) is 1. The Balaban J connectivity index is 2.43. The topological polar surface area (TPSA) is 37.3 Å². The SMILES string of the molecule is CC(C)C[C@@H](O)[C@H]1CCCCC1=O. The van der Waals surface area contributed by atoms with E-state index in [4.69, 9.17) is 0 Å². The van der Waals surface area contributed by atoms with E-state index < -0.39 is 6.10 Å². The summed E-state index contributed by atoms with van der Waals surface area (Å²) >= 11 is 0. The highest BCUT2D eigenvalue weighted by molar-refractivity contribution is 5.82. The number of ketones is 1. The number of aliphatic hydroxyl groups is 1. The van der Waals surface area contributed by atoms with E-state index in [1.807, 2.05) is 0 Å². The maximum Gasteiger partial charge on any atom is 0.138 e. The molecule has 0 aromatic heterocycles. The van der Waals surface area contributed by atoms with Crippen LogP contribution in [-0.2, 0) is 4.79 Å². The first kappa shape index (κ1) is 10.7. The summed E-state index contributed by atoms with van der Waals surface area (Å²) in [5.41, 5.74) is 0. The second kappa shape index (κ2) is 4.75. The van der Waals surface area contributed by atoms with Gasteiger partial charge in [-0.3, -0.25) is 4.79 Å². The van der Waals surface area contributed by atoms with E-state index in [2.05, 4.69) is 13.8 Å². The molecule has 0 aromatic carbocycles. The van der Waals surface area contributed by atoms with Crippen LogP contribution >= 0.6 is 0 Å². The minimum atomic E-state index is -0.396. The Morgan fingerprint density at radius 2 is 2.15 bits per heavy atom. The quantitative estimate of drug-likeness (QED) is 0.729. The van der Waals surface area contributed by atoms with Gasteiger partial charge in [0.25, 0.3) is 0 Å². The van der Waals surface area contributed by atoms with Crippen LogP contribution in [-0.4, -0.2) is 17.0 Å². The van der Waals surface area contributed by atoms with Crippen molar-refractivity contribution >= 4 is 5.78 Å². The van der Waals surface area contributed by atoms with Crippen LogP contribution < -0.4 is 0 Å². The van der Waals surface area contributed by atoms with E-state index in [0.29, 0.717) is 12.3 Å². The first-order chi connectivity index (χ1) is 6.11. The smallest absolute Gasteiger partial charge is 0.138 e. The van der Waals surface area contributed by atoms with Crippen LogP contribution in [0.5, 0.6) is 0 Å². The van der Waals surface area contributed by atoms with Gasteiger partial charge in [-0.2, -0.15) is 0 Å². The molecule has 0 radical (unpaired) electrons. The summed E-state index contributed by atoms with van der Waals surface area (Å²) < 4.78 is 0. The predicted molar refractivity (Wildman–Crippen MR) is 52.4 cm³/mol. The molecule has 2 atom stereocenters. The summed E-state index contributed by atoms with van der Waals surface area (Å²) in [5.74, 6) is 0.695. The number of Topliss-reactive ketones (excluding diaryl/α,β-unsaturated/α-hetero) is 1. The van der Waals surface area contributed by atoms with Gasteiger partial charge in [0.05, 0.1) is 6.10 Å². The number of hydrogen-bond acceptors (Lipinski definition) is 2. The van der Waals surface area contributed by atoms with Crippen LogP contribution in [0.15, 0.2) is 0 Å². The minimum Gasteiger partial charge on any atom is -0.392 e. The van der Waals surface area contributed by atoms with Crippen molar-refractivity contribution in [3.05, 3.63) is 0 Å². The molecule has 1 saturated carbocycles. The Hall–Kier alpha value is -0.370. The van der Waals surface area contributed by atoms with E-state index in [-0.39, 0.29) is 11.7 Å². The van der Waals surface area contributed by atoms with Gasteiger partial charge in [0.1, 0.15) is 5.78 Å². The zero-order chi connectivity index (χ0) is 9.84. The Morgan fingerprint density at radius 3 is 2.69 bits per heavy atom. The van der Waals surface area contributed by atoms with Crippen LogP contribution in [0.2, 0.25) is 0 Å². The molecule has 2 nitrogen and oxygen atoms in total. The Labute approximate surface area is 80.3 Å². The lowest BCUT2D eigenvalue weighted by Crippen LogP contribution is -2.31. The summed E-state index contributed by atoms with van der Waals surface area (Å²) in [6.07, 6.45) is 4.06. The average molecular weight is 184 g/mol. The fourth-order valence-electron chi connectivity index (χ4n) is 2.06. The largest absolute Gasteiger partial charge is 0.392 e. The van der Waals surface area contributed by atoms with Crippen molar-refractivity contribution in [1.29, 1.82) is 0 Å². The first-order valence-corrected chi connectivity index (χ1v) is 5.32. The fourth-order valence-corrected chi connectivity index (χ4v) is 2.06. The molecule has 0 amide bonds. The van der Waals surface area contributed by atoms with Crippen molar-refractivity contribution in [2.45, 2.75) is 52.1 Å². The molecule has 0 unspecified atom stereocenters. The third kappa shape index (κ3) is 3.11. The number of rotatable bonds is 3. The summed E-state index contributed by atoms with van der Waals surface area (Å²) in [5, 5.41) is 9.79. The summed E-state index contributed by atoms with van der Waals surface area (Å²) in [4.78, 5) is 11.5.